The molecule has 0 fully saturated rings. The minimum absolute atomic E-state index is 0.350. The predicted octanol–water partition coefficient (Wildman–Crippen LogP) is 2.41. The Balaban J connectivity index is 2.60. The maximum atomic E-state index is 5.73. The average Bonchev–Trinajstić information content (AvgIpc) is 2.82. The number of hydrogen-bond donors (Lipinski definition) is 1. The third-order valence-corrected chi connectivity index (χ3v) is 3.12. The van der Waals surface area contributed by atoms with Gasteiger partial charge in [-0.3, -0.25) is 0 Å². The van der Waals surface area contributed by atoms with E-state index in [1.165, 1.54) is 5.56 Å². The largest absolute Gasteiger partial charge is 0.325 e. The molecule has 0 radical (unpaired) electrons. The Morgan fingerprint density at radius 2 is 2.00 bits per heavy atom. The highest BCUT2D eigenvalue weighted by Gasteiger charge is 2.17. The SMILES string of the molecule is CCc1ccccc1-n1nnc(CN)c1C(C)C. The quantitative estimate of drug-likeness (QED) is 0.898. The lowest BCUT2D eigenvalue weighted by atomic mass is 10.1. The highest BCUT2D eigenvalue weighted by molar-refractivity contribution is 5.42. The van der Waals surface area contributed by atoms with Gasteiger partial charge in [0.2, 0.25) is 0 Å². The van der Waals surface area contributed by atoms with Gasteiger partial charge in [0, 0.05) is 6.54 Å². The van der Waals surface area contributed by atoms with E-state index in [2.05, 4.69) is 49.3 Å². The third-order valence-electron chi connectivity index (χ3n) is 3.12. The molecule has 2 aromatic rings. The van der Waals surface area contributed by atoms with Gasteiger partial charge in [0.05, 0.1) is 11.4 Å². The van der Waals surface area contributed by atoms with Crippen LogP contribution in [-0.2, 0) is 13.0 Å². The van der Waals surface area contributed by atoms with Crippen molar-refractivity contribution in [3.05, 3.63) is 41.2 Å². The van der Waals surface area contributed by atoms with Crippen LogP contribution in [0.2, 0.25) is 0 Å². The van der Waals surface area contributed by atoms with Gasteiger partial charge in [-0.05, 0) is 24.0 Å². The van der Waals surface area contributed by atoms with Crippen molar-refractivity contribution < 1.29 is 0 Å². The molecular weight excluding hydrogens is 224 g/mol. The van der Waals surface area contributed by atoms with E-state index in [1.807, 2.05) is 10.7 Å². The van der Waals surface area contributed by atoms with Crippen molar-refractivity contribution in [1.29, 1.82) is 0 Å². The molecule has 2 N–H and O–H groups in total. The smallest absolute Gasteiger partial charge is 0.100 e. The molecule has 96 valence electrons. The number of aryl methyl sites for hydroxylation is 1. The van der Waals surface area contributed by atoms with E-state index in [9.17, 15) is 0 Å². The van der Waals surface area contributed by atoms with Crippen LogP contribution >= 0.6 is 0 Å². The van der Waals surface area contributed by atoms with E-state index in [0.29, 0.717) is 12.5 Å². The average molecular weight is 244 g/mol. The molecule has 4 nitrogen and oxygen atoms in total. The molecule has 1 heterocycles. The van der Waals surface area contributed by atoms with Gasteiger partial charge in [-0.25, -0.2) is 4.68 Å². The monoisotopic (exact) mass is 244 g/mol. The number of hydrogen-bond acceptors (Lipinski definition) is 3. The Morgan fingerprint density at radius 1 is 1.28 bits per heavy atom. The fourth-order valence-electron chi connectivity index (χ4n) is 2.24. The second kappa shape index (κ2) is 5.31. The summed E-state index contributed by atoms with van der Waals surface area (Å²) in [7, 11) is 0. The molecule has 0 saturated carbocycles. The molecule has 1 aromatic heterocycles. The molecule has 4 heteroatoms. The Kier molecular flexibility index (Phi) is 3.77. The molecule has 1 aromatic carbocycles. The first-order valence-electron chi connectivity index (χ1n) is 6.41. The maximum Gasteiger partial charge on any atom is 0.100 e. The van der Waals surface area contributed by atoms with Crippen LogP contribution in [0.5, 0.6) is 0 Å². The summed E-state index contributed by atoms with van der Waals surface area (Å²) in [6.45, 7) is 6.86. The highest BCUT2D eigenvalue weighted by Crippen LogP contribution is 2.23. The predicted molar refractivity (Wildman–Crippen MR) is 72.7 cm³/mol. The number of benzene rings is 1. The molecule has 0 bridgehead atoms. The number of para-hydroxylation sites is 1. The zero-order valence-corrected chi connectivity index (χ0v) is 11.2. The lowest BCUT2D eigenvalue weighted by molar-refractivity contribution is 0.709. The topological polar surface area (TPSA) is 56.7 Å². The van der Waals surface area contributed by atoms with Gasteiger partial charge in [0.25, 0.3) is 0 Å². The Bertz CT molecular complexity index is 528. The number of rotatable bonds is 4. The van der Waals surface area contributed by atoms with E-state index in [4.69, 9.17) is 5.73 Å². The van der Waals surface area contributed by atoms with Crippen LogP contribution in [0.25, 0.3) is 5.69 Å². The summed E-state index contributed by atoms with van der Waals surface area (Å²) in [5.41, 5.74) is 10.1. The molecule has 2 rings (SSSR count). The molecule has 0 amide bonds. The molecule has 0 aliphatic carbocycles. The fraction of sp³-hybridized carbons (Fsp3) is 0.429. The van der Waals surface area contributed by atoms with Crippen LogP contribution in [0, 0.1) is 0 Å². The minimum atomic E-state index is 0.350. The summed E-state index contributed by atoms with van der Waals surface area (Å²) in [6, 6.07) is 8.30. The summed E-state index contributed by atoms with van der Waals surface area (Å²) in [5.74, 6) is 0.350. The molecule has 0 atom stereocenters. The zero-order valence-electron chi connectivity index (χ0n) is 11.2. The Labute approximate surface area is 108 Å². The van der Waals surface area contributed by atoms with Gasteiger partial charge >= 0.3 is 0 Å². The summed E-state index contributed by atoms with van der Waals surface area (Å²) >= 11 is 0. The summed E-state index contributed by atoms with van der Waals surface area (Å²) < 4.78 is 1.94. The minimum Gasteiger partial charge on any atom is -0.325 e. The normalized spacial score (nSPS) is 11.2. The highest BCUT2D eigenvalue weighted by atomic mass is 15.4. The van der Waals surface area contributed by atoms with Crippen LogP contribution < -0.4 is 5.73 Å². The van der Waals surface area contributed by atoms with Crippen molar-refractivity contribution in [3.8, 4) is 5.69 Å². The standard InChI is InChI=1S/C14H20N4/c1-4-11-7-5-6-8-13(11)18-14(10(2)3)12(9-15)16-17-18/h5-8,10H,4,9,15H2,1-3H3. The van der Waals surface area contributed by atoms with Crippen molar-refractivity contribution in [3.63, 3.8) is 0 Å². The second-order valence-electron chi connectivity index (χ2n) is 4.67. The van der Waals surface area contributed by atoms with Crippen molar-refractivity contribution in [2.24, 2.45) is 5.73 Å². The molecule has 0 aliphatic rings. The molecular formula is C14H20N4. The maximum absolute atomic E-state index is 5.73. The van der Waals surface area contributed by atoms with E-state index in [0.717, 1.165) is 23.5 Å². The number of aromatic nitrogens is 3. The van der Waals surface area contributed by atoms with Gasteiger partial charge in [0.1, 0.15) is 5.69 Å². The van der Waals surface area contributed by atoms with E-state index in [-0.39, 0.29) is 0 Å². The van der Waals surface area contributed by atoms with Crippen molar-refractivity contribution in [2.75, 3.05) is 0 Å². The van der Waals surface area contributed by atoms with Crippen LogP contribution in [0.1, 0.15) is 43.6 Å². The van der Waals surface area contributed by atoms with Crippen LogP contribution in [-0.4, -0.2) is 15.0 Å². The van der Waals surface area contributed by atoms with Crippen molar-refractivity contribution in [2.45, 2.75) is 39.7 Å². The first-order valence-corrected chi connectivity index (χ1v) is 6.41. The van der Waals surface area contributed by atoms with E-state index in [1.54, 1.807) is 0 Å². The number of nitrogens with zero attached hydrogens (tertiary/aromatic N) is 3. The fourth-order valence-corrected chi connectivity index (χ4v) is 2.24. The Morgan fingerprint density at radius 3 is 2.61 bits per heavy atom. The first-order chi connectivity index (χ1) is 8.69. The molecule has 0 unspecified atom stereocenters. The number of nitrogens with two attached hydrogens (primary N) is 1. The lowest BCUT2D eigenvalue weighted by Gasteiger charge is -2.13. The van der Waals surface area contributed by atoms with Crippen molar-refractivity contribution >= 4 is 0 Å². The molecule has 0 saturated heterocycles. The molecule has 18 heavy (non-hydrogen) atoms. The van der Waals surface area contributed by atoms with Crippen LogP contribution in [0.15, 0.2) is 24.3 Å². The summed E-state index contributed by atoms with van der Waals surface area (Å²) in [4.78, 5) is 0. The van der Waals surface area contributed by atoms with Gasteiger partial charge in [-0.2, -0.15) is 0 Å². The first kappa shape index (κ1) is 12.8. The van der Waals surface area contributed by atoms with Crippen LogP contribution in [0.4, 0.5) is 0 Å². The summed E-state index contributed by atoms with van der Waals surface area (Å²) in [6.07, 6.45) is 0.978. The summed E-state index contributed by atoms with van der Waals surface area (Å²) in [5, 5.41) is 8.47. The second-order valence-corrected chi connectivity index (χ2v) is 4.67. The van der Waals surface area contributed by atoms with E-state index >= 15 is 0 Å². The Hall–Kier alpha value is -1.68. The van der Waals surface area contributed by atoms with Gasteiger partial charge in [0.15, 0.2) is 0 Å². The van der Waals surface area contributed by atoms with E-state index < -0.39 is 0 Å². The van der Waals surface area contributed by atoms with Gasteiger partial charge < -0.3 is 5.73 Å². The molecule has 0 spiro atoms. The van der Waals surface area contributed by atoms with Crippen molar-refractivity contribution in [1.82, 2.24) is 15.0 Å². The van der Waals surface area contributed by atoms with Crippen LogP contribution in [0.3, 0.4) is 0 Å². The molecule has 0 aliphatic heterocycles. The lowest BCUT2D eigenvalue weighted by Crippen LogP contribution is -2.09. The van der Waals surface area contributed by atoms with Gasteiger partial charge in [-0.1, -0.05) is 44.2 Å². The third kappa shape index (κ3) is 2.16. The zero-order chi connectivity index (χ0) is 13.1. The van der Waals surface area contributed by atoms with Gasteiger partial charge in [-0.15, -0.1) is 5.10 Å².